The molecule has 0 radical (unpaired) electrons. The summed E-state index contributed by atoms with van der Waals surface area (Å²) in [5.74, 6) is -0.656. The highest BCUT2D eigenvalue weighted by atomic mass is 19.1. The minimum atomic E-state index is -0.483. The molecule has 1 aliphatic heterocycles. The Kier molecular flexibility index (Phi) is 4.69. The molecule has 5 heteroatoms. The topological polar surface area (TPSA) is 55.6 Å². The maximum Gasteiger partial charge on any atom is 0.239 e. The Morgan fingerprint density at radius 3 is 2.52 bits per heavy atom. The van der Waals surface area contributed by atoms with Gasteiger partial charge in [-0.1, -0.05) is 42.5 Å². The molecule has 4 nitrogen and oxygen atoms in total. The Morgan fingerprint density at radius 2 is 1.87 bits per heavy atom. The maximum atomic E-state index is 13.1. The van der Waals surface area contributed by atoms with Crippen LogP contribution >= 0.6 is 0 Å². The van der Waals surface area contributed by atoms with Crippen LogP contribution in [-0.4, -0.2) is 30.5 Å². The average molecular weight is 314 g/mol. The summed E-state index contributed by atoms with van der Waals surface area (Å²) in [5, 5.41) is 0. The molecule has 3 rings (SSSR count). The minimum absolute atomic E-state index is 0.199. The van der Waals surface area contributed by atoms with Gasteiger partial charge in [0.15, 0.2) is 0 Å². The number of carbonyl (C=O) groups excluding carboxylic acids is 1. The normalized spacial score (nSPS) is 20.1. The molecular formula is C18H19FN2O2. The predicted molar refractivity (Wildman–Crippen MR) is 85.0 cm³/mol. The molecule has 0 bridgehead atoms. The molecule has 120 valence electrons. The minimum Gasteiger partial charge on any atom is -0.371 e. The van der Waals surface area contributed by atoms with Crippen molar-refractivity contribution in [1.29, 1.82) is 0 Å². The third kappa shape index (κ3) is 3.57. The van der Waals surface area contributed by atoms with Crippen molar-refractivity contribution in [3.05, 3.63) is 71.5 Å². The quantitative estimate of drug-likeness (QED) is 0.943. The molecule has 1 amide bonds. The summed E-state index contributed by atoms with van der Waals surface area (Å²) in [6, 6.07) is 15.3. The second kappa shape index (κ2) is 6.89. The van der Waals surface area contributed by atoms with E-state index in [1.807, 2.05) is 35.2 Å². The van der Waals surface area contributed by atoms with Crippen molar-refractivity contribution in [2.24, 2.45) is 5.73 Å². The van der Waals surface area contributed by atoms with Crippen molar-refractivity contribution in [2.75, 3.05) is 19.7 Å². The van der Waals surface area contributed by atoms with E-state index >= 15 is 0 Å². The Bertz CT molecular complexity index is 660. The number of benzene rings is 2. The first-order valence-corrected chi connectivity index (χ1v) is 7.60. The molecule has 2 aromatic rings. The zero-order chi connectivity index (χ0) is 16.2. The Hall–Kier alpha value is -2.24. The molecule has 2 aromatic carbocycles. The third-order valence-corrected chi connectivity index (χ3v) is 4.09. The van der Waals surface area contributed by atoms with E-state index in [-0.39, 0.29) is 17.8 Å². The van der Waals surface area contributed by atoms with Crippen molar-refractivity contribution in [3.8, 4) is 0 Å². The molecule has 23 heavy (non-hydrogen) atoms. The summed E-state index contributed by atoms with van der Waals surface area (Å²) in [7, 11) is 0. The van der Waals surface area contributed by atoms with Crippen molar-refractivity contribution >= 4 is 5.91 Å². The molecule has 2 atom stereocenters. The maximum absolute atomic E-state index is 13.1. The number of primary amides is 1. The van der Waals surface area contributed by atoms with E-state index in [0.29, 0.717) is 19.7 Å². The molecule has 0 unspecified atom stereocenters. The molecule has 0 spiro atoms. The molecule has 0 saturated carbocycles. The first-order valence-electron chi connectivity index (χ1n) is 7.60. The van der Waals surface area contributed by atoms with Gasteiger partial charge in [0.1, 0.15) is 11.9 Å². The molecule has 0 aliphatic carbocycles. The van der Waals surface area contributed by atoms with Crippen LogP contribution in [-0.2, 0) is 9.53 Å². The SMILES string of the molecule is NC(=O)[C@H](c1ccccc1)N1CCO[C@@H](c2ccc(F)cc2)C1. The Morgan fingerprint density at radius 1 is 1.17 bits per heavy atom. The molecule has 1 aliphatic rings. The average Bonchev–Trinajstić information content (AvgIpc) is 2.57. The van der Waals surface area contributed by atoms with E-state index in [1.54, 1.807) is 12.1 Å². The van der Waals surface area contributed by atoms with E-state index in [4.69, 9.17) is 10.5 Å². The summed E-state index contributed by atoms with van der Waals surface area (Å²) in [5.41, 5.74) is 7.40. The van der Waals surface area contributed by atoms with Gasteiger partial charge in [0.05, 0.1) is 12.7 Å². The summed E-state index contributed by atoms with van der Waals surface area (Å²) in [6.45, 7) is 1.66. The fourth-order valence-corrected chi connectivity index (χ4v) is 2.97. The van der Waals surface area contributed by atoms with Crippen LogP contribution in [0.3, 0.4) is 0 Å². The molecule has 1 saturated heterocycles. The number of ether oxygens (including phenoxy) is 1. The van der Waals surface area contributed by atoms with Crippen LogP contribution in [0, 0.1) is 5.82 Å². The van der Waals surface area contributed by atoms with E-state index < -0.39 is 6.04 Å². The zero-order valence-corrected chi connectivity index (χ0v) is 12.7. The van der Waals surface area contributed by atoms with Crippen molar-refractivity contribution in [2.45, 2.75) is 12.1 Å². The number of rotatable bonds is 4. The van der Waals surface area contributed by atoms with Gasteiger partial charge in [-0.05, 0) is 23.3 Å². The zero-order valence-electron chi connectivity index (χ0n) is 12.7. The number of halogens is 1. The van der Waals surface area contributed by atoms with E-state index in [9.17, 15) is 9.18 Å². The largest absolute Gasteiger partial charge is 0.371 e. The van der Waals surface area contributed by atoms with Gasteiger partial charge in [-0.3, -0.25) is 9.69 Å². The third-order valence-electron chi connectivity index (χ3n) is 4.09. The van der Waals surface area contributed by atoms with Gasteiger partial charge in [0.25, 0.3) is 0 Å². The molecular weight excluding hydrogens is 295 g/mol. The van der Waals surface area contributed by atoms with E-state index in [2.05, 4.69) is 0 Å². The monoisotopic (exact) mass is 314 g/mol. The Balaban J connectivity index is 1.81. The number of amides is 1. The van der Waals surface area contributed by atoms with Gasteiger partial charge in [-0.25, -0.2) is 4.39 Å². The fourth-order valence-electron chi connectivity index (χ4n) is 2.97. The lowest BCUT2D eigenvalue weighted by Crippen LogP contribution is -2.45. The highest BCUT2D eigenvalue weighted by molar-refractivity contribution is 5.81. The van der Waals surface area contributed by atoms with Gasteiger partial charge < -0.3 is 10.5 Å². The van der Waals surface area contributed by atoms with Crippen LogP contribution in [0.1, 0.15) is 23.3 Å². The van der Waals surface area contributed by atoms with Gasteiger partial charge >= 0.3 is 0 Å². The lowest BCUT2D eigenvalue weighted by atomic mass is 10.0. The van der Waals surface area contributed by atoms with Crippen LogP contribution in [0.5, 0.6) is 0 Å². The second-order valence-corrected chi connectivity index (χ2v) is 5.62. The number of nitrogens with two attached hydrogens (primary N) is 1. The Labute approximate surface area is 134 Å². The van der Waals surface area contributed by atoms with Gasteiger partial charge in [0.2, 0.25) is 5.91 Å². The molecule has 2 N–H and O–H groups in total. The van der Waals surface area contributed by atoms with E-state index in [0.717, 1.165) is 11.1 Å². The molecule has 1 heterocycles. The number of nitrogens with zero attached hydrogens (tertiary/aromatic N) is 1. The van der Waals surface area contributed by atoms with Crippen molar-refractivity contribution < 1.29 is 13.9 Å². The lowest BCUT2D eigenvalue weighted by Gasteiger charge is -2.37. The van der Waals surface area contributed by atoms with E-state index in [1.165, 1.54) is 12.1 Å². The number of hydrogen-bond acceptors (Lipinski definition) is 3. The number of hydrogen-bond donors (Lipinski definition) is 1. The highest BCUT2D eigenvalue weighted by Gasteiger charge is 2.31. The first kappa shape index (κ1) is 15.6. The predicted octanol–water partition coefficient (Wildman–Crippen LogP) is 2.43. The fraction of sp³-hybridized carbons (Fsp3) is 0.278. The summed E-state index contributed by atoms with van der Waals surface area (Å²) < 4.78 is 18.9. The van der Waals surface area contributed by atoms with Gasteiger partial charge in [-0.2, -0.15) is 0 Å². The van der Waals surface area contributed by atoms with Crippen LogP contribution in [0.4, 0.5) is 4.39 Å². The lowest BCUT2D eigenvalue weighted by molar-refractivity contribution is -0.127. The van der Waals surface area contributed by atoms with Crippen LogP contribution in [0.15, 0.2) is 54.6 Å². The summed E-state index contributed by atoms with van der Waals surface area (Å²) in [4.78, 5) is 14.0. The summed E-state index contributed by atoms with van der Waals surface area (Å²) in [6.07, 6.45) is -0.199. The first-order chi connectivity index (χ1) is 11.1. The van der Waals surface area contributed by atoms with Crippen LogP contribution < -0.4 is 5.73 Å². The standard InChI is InChI=1S/C18H19FN2O2/c19-15-8-6-13(7-9-15)16-12-21(10-11-23-16)17(18(20)22)14-4-2-1-3-5-14/h1-9,16-17H,10-12H2,(H2,20,22)/t16-,17+/m1/s1. The molecule has 1 fully saturated rings. The number of morpholine rings is 1. The second-order valence-electron chi connectivity index (χ2n) is 5.62. The smallest absolute Gasteiger partial charge is 0.239 e. The molecule has 0 aromatic heterocycles. The van der Waals surface area contributed by atoms with Gasteiger partial charge in [-0.15, -0.1) is 0 Å². The summed E-state index contributed by atoms with van der Waals surface area (Å²) >= 11 is 0. The number of carbonyl (C=O) groups is 1. The highest BCUT2D eigenvalue weighted by Crippen LogP contribution is 2.28. The van der Waals surface area contributed by atoms with Crippen molar-refractivity contribution in [1.82, 2.24) is 4.90 Å². The van der Waals surface area contributed by atoms with Crippen LogP contribution in [0.25, 0.3) is 0 Å². The van der Waals surface area contributed by atoms with Crippen molar-refractivity contribution in [3.63, 3.8) is 0 Å². The van der Waals surface area contributed by atoms with Gasteiger partial charge in [0, 0.05) is 13.1 Å². The van der Waals surface area contributed by atoms with Crippen LogP contribution in [0.2, 0.25) is 0 Å².